The Hall–Kier alpha value is -1.89. The van der Waals surface area contributed by atoms with Crippen LogP contribution in [0.2, 0.25) is 0 Å². The number of halogens is 2. The number of hydrogen-bond acceptors (Lipinski definition) is 4. The van der Waals surface area contributed by atoms with Crippen molar-refractivity contribution in [3.05, 3.63) is 59.2 Å². The first kappa shape index (κ1) is 27.0. The fourth-order valence-electron chi connectivity index (χ4n) is 10.9. The smallest absolute Gasteiger partial charge is 0.189 e. The second-order valence-electron chi connectivity index (χ2n) is 14.6. The van der Waals surface area contributed by atoms with Crippen molar-refractivity contribution in [1.29, 1.82) is 0 Å². The molecule has 1 saturated heterocycles. The highest BCUT2D eigenvalue weighted by Crippen LogP contribution is 2.78. The number of allylic oxidation sites excluding steroid dienone is 4. The molecule has 3 saturated carbocycles. The van der Waals surface area contributed by atoms with Gasteiger partial charge < -0.3 is 15.1 Å². The molecule has 216 valence electrons. The molecule has 1 aromatic carbocycles. The summed E-state index contributed by atoms with van der Waals surface area (Å²) >= 11 is 0. The van der Waals surface area contributed by atoms with E-state index in [0.29, 0.717) is 25.0 Å². The molecule has 6 aliphatic carbocycles. The van der Waals surface area contributed by atoms with E-state index in [1.54, 1.807) is 0 Å². The van der Waals surface area contributed by atoms with Crippen LogP contribution in [0.15, 0.2) is 42.0 Å². The first-order valence-corrected chi connectivity index (χ1v) is 15.5. The molecule has 1 heterocycles. The molecule has 0 radical (unpaired) electrons. The number of hydrogen-bond donors (Lipinski definition) is 2. The van der Waals surface area contributed by atoms with Gasteiger partial charge in [0.2, 0.25) is 0 Å². The number of carbonyl (C=O) groups is 1. The number of carbonyl (C=O) groups excluding carboxylic acids is 1. The van der Waals surface area contributed by atoms with Crippen molar-refractivity contribution in [2.45, 2.75) is 89.8 Å². The predicted molar refractivity (Wildman–Crippen MR) is 150 cm³/mol. The lowest BCUT2D eigenvalue weighted by atomic mass is 9.32. The number of aliphatic hydroxyl groups is 2. The van der Waals surface area contributed by atoms with Crippen LogP contribution in [0.3, 0.4) is 0 Å². The minimum Gasteiger partial charge on any atom is -0.393 e. The molecule has 2 N–H and O–H groups in total. The monoisotopic (exact) mass is 551 g/mol. The van der Waals surface area contributed by atoms with Gasteiger partial charge >= 0.3 is 0 Å². The van der Waals surface area contributed by atoms with Gasteiger partial charge in [0.1, 0.15) is 0 Å². The van der Waals surface area contributed by atoms with Gasteiger partial charge in [0.15, 0.2) is 17.4 Å². The molecule has 2 bridgehead atoms. The molecule has 8 unspecified atom stereocenters. The van der Waals surface area contributed by atoms with Crippen LogP contribution in [0.1, 0.15) is 88.4 Å². The molecule has 0 aromatic heterocycles. The lowest BCUT2D eigenvalue weighted by Gasteiger charge is -2.71. The highest BCUT2D eigenvalue weighted by molar-refractivity contribution is 6.10. The van der Waals surface area contributed by atoms with Crippen LogP contribution in [0.25, 0.3) is 0 Å². The van der Waals surface area contributed by atoms with Crippen LogP contribution >= 0.6 is 0 Å². The third-order valence-corrected chi connectivity index (χ3v) is 13.1. The highest BCUT2D eigenvalue weighted by Gasteiger charge is 2.74. The van der Waals surface area contributed by atoms with Crippen molar-refractivity contribution in [1.82, 2.24) is 4.90 Å². The molecule has 8 rings (SSSR count). The maximum absolute atomic E-state index is 14.4. The predicted octanol–water partition coefficient (Wildman–Crippen LogP) is 6.22. The molecule has 1 aromatic rings. The summed E-state index contributed by atoms with van der Waals surface area (Å²) in [5.74, 6) is -1.98. The van der Waals surface area contributed by atoms with Gasteiger partial charge in [-0.05, 0) is 106 Å². The average Bonchev–Trinajstić information content (AvgIpc) is 3.20. The summed E-state index contributed by atoms with van der Waals surface area (Å²) in [6, 6.07) is 3.47. The van der Waals surface area contributed by atoms with Crippen LogP contribution in [0.5, 0.6) is 0 Å². The zero-order valence-electron chi connectivity index (χ0n) is 23.9. The Morgan fingerprint density at radius 1 is 0.950 bits per heavy atom. The minimum absolute atomic E-state index is 0.0623. The van der Waals surface area contributed by atoms with E-state index in [-0.39, 0.29) is 34.0 Å². The summed E-state index contributed by atoms with van der Waals surface area (Å²) < 4.78 is 28.2. The van der Waals surface area contributed by atoms with Crippen LogP contribution in [0.4, 0.5) is 8.78 Å². The van der Waals surface area contributed by atoms with Crippen molar-refractivity contribution in [3.8, 4) is 0 Å². The fraction of sp³-hybridized carbons (Fsp3) is 0.676. The Morgan fingerprint density at radius 2 is 1.65 bits per heavy atom. The lowest BCUT2D eigenvalue weighted by molar-refractivity contribution is -0.176. The van der Waals surface area contributed by atoms with E-state index < -0.39 is 34.2 Å². The zero-order chi connectivity index (χ0) is 28.1. The summed E-state index contributed by atoms with van der Waals surface area (Å²) in [6.45, 7) is 7.35. The van der Waals surface area contributed by atoms with E-state index >= 15 is 0 Å². The summed E-state index contributed by atoms with van der Waals surface area (Å²) in [4.78, 5) is 16.8. The third-order valence-electron chi connectivity index (χ3n) is 13.1. The summed E-state index contributed by atoms with van der Waals surface area (Å²) in [5, 5.41) is 23.3. The maximum Gasteiger partial charge on any atom is 0.189 e. The summed E-state index contributed by atoms with van der Waals surface area (Å²) in [6.07, 6.45) is 15.4. The quantitative estimate of drug-likeness (QED) is 0.344. The van der Waals surface area contributed by atoms with Gasteiger partial charge in [0, 0.05) is 33.9 Å². The Morgan fingerprint density at radius 3 is 2.40 bits per heavy atom. The summed E-state index contributed by atoms with van der Waals surface area (Å²) in [7, 11) is 0. The second-order valence-corrected chi connectivity index (χ2v) is 14.6. The van der Waals surface area contributed by atoms with Gasteiger partial charge in [-0.25, -0.2) is 8.78 Å². The molecule has 2 spiro atoms. The number of aliphatic hydroxyl groups excluding tert-OH is 1. The molecular weight excluding hydrogens is 508 g/mol. The fourth-order valence-corrected chi connectivity index (χ4v) is 10.9. The normalized spacial score (nSPS) is 46.0. The van der Waals surface area contributed by atoms with Gasteiger partial charge in [-0.2, -0.15) is 0 Å². The van der Waals surface area contributed by atoms with Crippen LogP contribution in [-0.4, -0.2) is 52.2 Å². The van der Waals surface area contributed by atoms with E-state index in [0.717, 1.165) is 57.3 Å². The lowest BCUT2D eigenvalue weighted by Crippen LogP contribution is -2.67. The van der Waals surface area contributed by atoms with Gasteiger partial charge in [-0.1, -0.05) is 38.5 Å². The second kappa shape index (κ2) is 8.81. The Labute approximate surface area is 236 Å². The maximum atomic E-state index is 14.4. The Bertz CT molecular complexity index is 1300. The van der Waals surface area contributed by atoms with E-state index in [4.69, 9.17) is 0 Å². The number of nitrogens with zero attached hydrogens (tertiary/aromatic N) is 1. The number of piperidine rings is 1. The Kier molecular flexibility index (Phi) is 5.94. The topological polar surface area (TPSA) is 60.8 Å². The van der Waals surface area contributed by atoms with Gasteiger partial charge in [0.05, 0.1) is 11.7 Å². The number of β-amino-alcohol motifs (C(OH)–C–C–N with tert-alkyl or cyclic N) is 1. The van der Waals surface area contributed by atoms with Crippen LogP contribution in [0, 0.1) is 45.1 Å². The highest BCUT2D eigenvalue weighted by atomic mass is 19.2. The summed E-state index contributed by atoms with van der Waals surface area (Å²) in [5.41, 5.74) is -1.52. The SMILES string of the molecule is CC12CCC(O)CC13C=CC1(C(C(=O)c4ccc(F)c(F)c4)=C3)C2CCC2(C)C1CCC2(O)CN1CCCCC1. The number of rotatable bonds is 4. The Balaban J connectivity index is 1.36. The standard InChI is InChI=1S/C34H43F2NO3/c1-30-11-8-23(38)19-32(30)14-15-34(24(20-32)29(39)22-6-7-25(35)26(36)18-22)27(30)9-12-31(2)28(34)10-13-33(31,40)21-37-16-4-3-5-17-37/h6-7,14-15,18,20,23,27-28,38,40H,3-5,8-13,16-17,19,21H2,1-2H3. The van der Waals surface area contributed by atoms with E-state index in [2.05, 4.69) is 37.0 Å². The van der Waals surface area contributed by atoms with Crippen molar-refractivity contribution in [2.75, 3.05) is 19.6 Å². The van der Waals surface area contributed by atoms with Gasteiger partial charge in [-0.15, -0.1) is 0 Å². The number of benzene rings is 1. The molecular formula is C34H43F2NO3. The largest absolute Gasteiger partial charge is 0.393 e. The molecule has 8 atom stereocenters. The zero-order valence-corrected chi connectivity index (χ0v) is 23.9. The van der Waals surface area contributed by atoms with E-state index in [1.165, 1.54) is 25.3 Å². The van der Waals surface area contributed by atoms with Crippen LogP contribution < -0.4 is 0 Å². The molecule has 0 amide bonds. The van der Waals surface area contributed by atoms with Crippen LogP contribution in [-0.2, 0) is 0 Å². The molecule has 40 heavy (non-hydrogen) atoms. The van der Waals surface area contributed by atoms with E-state index in [1.807, 2.05) is 0 Å². The van der Waals surface area contributed by atoms with E-state index in [9.17, 15) is 23.8 Å². The average molecular weight is 552 g/mol. The molecule has 6 heteroatoms. The number of ketones is 1. The molecule has 4 fully saturated rings. The van der Waals surface area contributed by atoms with Crippen molar-refractivity contribution < 1.29 is 23.8 Å². The molecule has 4 nitrogen and oxygen atoms in total. The molecule has 7 aliphatic rings. The van der Waals surface area contributed by atoms with Gasteiger partial charge in [-0.3, -0.25) is 4.79 Å². The van der Waals surface area contributed by atoms with Crippen molar-refractivity contribution in [2.24, 2.45) is 33.5 Å². The van der Waals surface area contributed by atoms with Crippen molar-refractivity contribution >= 4 is 5.78 Å². The number of Topliss-reactive ketones (excluding diaryl/α,β-unsaturated/α-hetero) is 1. The first-order valence-electron chi connectivity index (χ1n) is 15.5. The van der Waals surface area contributed by atoms with Gasteiger partial charge in [0.25, 0.3) is 0 Å². The van der Waals surface area contributed by atoms with Crippen molar-refractivity contribution in [3.63, 3.8) is 0 Å². The number of likely N-dealkylation sites (tertiary alicyclic amines) is 1. The minimum atomic E-state index is -1.02. The third kappa shape index (κ3) is 3.36. The first-order chi connectivity index (χ1) is 19.0. The number of fused-ring (bicyclic) bond motifs is 1. The molecule has 1 aliphatic heterocycles.